The van der Waals surface area contributed by atoms with Crippen molar-refractivity contribution in [2.75, 3.05) is 5.32 Å². The molecule has 0 aliphatic rings. The van der Waals surface area contributed by atoms with Gasteiger partial charge in [-0.3, -0.25) is 4.79 Å². The maximum absolute atomic E-state index is 11.9. The second-order valence-electron chi connectivity index (χ2n) is 3.74. The standard InChI is InChI=1S/C12H15ClN2OS/c1-2-3-10(11(14)17)12(16)15-9-6-4-8(13)5-7-9/h4-7,10H,2-3H2,1H3,(H2,14,17)(H,15,16). The highest BCUT2D eigenvalue weighted by Crippen LogP contribution is 2.16. The Hall–Kier alpha value is -1.13. The lowest BCUT2D eigenvalue weighted by atomic mass is 10.0. The molecule has 0 saturated heterocycles. The van der Waals surface area contributed by atoms with Crippen molar-refractivity contribution < 1.29 is 4.79 Å². The van der Waals surface area contributed by atoms with Crippen LogP contribution in [0.25, 0.3) is 0 Å². The fourth-order valence-electron chi connectivity index (χ4n) is 1.45. The van der Waals surface area contributed by atoms with Crippen LogP contribution in [0, 0.1) is 5.92 Å². The number of rotatable bonds is 5. The summed E-state index contributed by atoms with van der Waals surface area (Å²) in [6.45, 7) is 1.99. The summed E-state index contributed by atoms with van der Waals surface area (Å²) >= 11 is 10.6. The van der Waals surface area contributed by atoms with Gasteiger partial charge in [-0.25, -0.2) is 0 Å². The molecule has 0 aromatic heterocycles. The van der Waals surface area contributed by atoms with E-state index >= 15 is 0 Å². The topological polar surface area (TPSA) is 55.1 Å². The first-order valence-electron chi connectivity index (χ1n) is 5.40. The summed E-state index contributed by atoms with van der Waals surface area (Å²) in [6.07, 6.45) is 1.52. The van der Waals surface area contributed by atoms with Crippen LogP contribution in [0.15, 0.2) is 24.3 Å². The summed E-state index contributed by atoms with van der Waals surface area (Å²) in [4.78, 5) is 12.2. The molecule has 0 aliphatic carbocycles. The van der Waals surface area contributed by atoms with Gasteiger partial charge in [-0.05, 0) is 30.7 Å². The normalized spacial score (nSPS) is 11.9. The molecule has 1 amide bonds. The van der Waals surface area contributed by atoms with Crippen LogP contribution >= 0.6 is 23.8 Å². The first-order valence-corrected chi connectivity index (χ1v) is 6.19. The molecule has 1 atom stereocenters. The summed E-state index contributed by atoms with van der Waals surface area (Å²) in [5.41, 5.74) is 6.24. The number of nitrogens with two attached hydrogens (primary N) is 1. The number of amides is 1. The molecule has 1 aromatic rings. The molecule has 0 radical (unpaired) electrons. The van der Waals surface area contributed by atoms with Crippen molar-refractivity contribution in [1.29, 1.82) is 0 Å². The molecule has 5 heteroatoms. The lowest BCUT2D eigenvalue weighted by Gasteiger charge is -2.14. The Kier molecular flexibility index (Phi) is 5.38. The van der Waals surface area contributed by atoms with Crippen LogP contribution in [0.3, 0.4) is 0 Å². The number of hydrogen-bond donors (Lipinski definition) is 2. The number of carbonyl (C=O) groups excluding carboxylic acids is 1. The highest BCUT2D eigenvalue weighted by Gasteiger charge is 2.20. The Morgan fingerprint density at radius 1 is 1.47 bits per heavy atom. The first-order chi connectivity index (χ1) is 8.04. The second kappa shape index (κ2) is 6.57. The van der Waals surface area contributed by atoms with Crippen molar-refractivity contribution in [3.8, 4) is 0 Å². The monoisotopic (exact) mass is 270 g/mol. The zero-order valence-electron chi connectivity index (χ0n) is 9.57. The lowest BCUT2D eigenvalue weighted by Crippen LogP contribution is -2.33. The van der Waals surface area contributed by atoms with Crippen molar-refractivity contribution in [1.82, 2.24) is 0 Å². The number of anilines is 1. The molecule has 0 saturated carbocycles. The third-order valence-electron chi connectivity index (χ3n) is 2.35. The highest BCUT2D eigenvalue weighted by molar-refractivity contribution is 7.80. The van der Waals surface area contributed by atoms with Gasteiger partial charge in [0.1, 0.15) is 0 Å². The predicted molar refractivity (Wildman–Crippen MR) is 75.3 cm³/mol. The SMILES string of the molecule is CCCC(C(=O)Nc1ccc(Cl)cc1)C(N)=S. The summed E-state index contributed by atoms with van der Waals surface area (Å²) < 4.78 is 0. The molecule has 0 spiro atoms. The maximum atomic E-state index is 11.9. The van der Waals surface area contributed by atoms with E-state index in [0.717, 1.165) is 6.42 Å². The van der Waals surface area contributed by atoms with Crippen LogP contribution in [0.4, 0.5) is 5.69 Å². The van der Waals surface area contributed by atoms with Crippen molar-refractivity contribution in [2.24, 2.45) is 11.7 Å². The van der Waals surface area contributed by atoms with Crippen molar-refractivity contribution in [2.45, 2.75) is 19.8 Å². The zero-order valence-corrected chi connectivity index (χ0v) is 11.1. The number of halogens is 1. The molecule has 3 nitrogen and oxygen atoms in total. The summed E-state index contributed by atoms with van der Waals surface area (Å²) in [7, 11) is 0. The number of thiocarbonyl (C=S) groups is 1. The van der Waals surface area contributed by atoms with E-state index in [9.17, 15) is 4.79 Å². The van der Waals surface area contributed by atoms with Crippen LogP contribution in [-0.2, 0) is 4.79 Å². The number of hydrogen-bond acceptors (Lipinski definition) is 2. The fourth-order valence-corrected chi connectivity index (χ4v) is 1.80. The van der Waals surface area contributed by atoms with Crippen LogP contribution in [-0.4, -0.2) is 10.9 Å². The Bertz CT molecular complexity index is 405. The summed E-state index contributed by atoms with van der Waals surface area (Å²) in [6, 6.07) is 6.91. The van der Waals surface area contributed by atoms with Gasteiger partial charge in [0.05, 0.1) is 10.9 Å². The first kappa shape index (κ1) is 13.9. The second-order valence-corrected chi connectivity index (χ2v) is 4.65. The van der Waals surface area contributed by atoms with E-state index in [0.29, 0.717) is 17.1 Å². The van der Waals surface area contributed by atoms with E-state index in [1.54, 1.807) is 24.3 Å². The van der Waals surface area contributed by atoms with Crippen LogP contribution in [0.5, 0.6) is 0 Å². The summed E-state index contributed by atoms with van der Waals surface area (Å²) in [5, 5.41) is 3.40. The highest BCUT2D eigenvalue weighted by atomic mass is 35.5. The molecular formula is C12H15ClN2OS. The average Bonchev–Trinajstić information content (AvgIpc) is 2.28. The van der Waals surface area contributed by atoms with Crippen LogP contribution in [0.2, 0.25) is 5.02 Å². The molecule has 1 aromatic carbocycles. The summed E-state index contributed by atoms with van der Waals surface area (Å²) in [5.74, 6) is -0.577. The van der Waals surface area contributed by atoms with Crippen LogP contribution in [0.1, 0.15) is 19.8 Å². The minimum atomic E-state index is -0.411. The van der Waals surface area contributed by atoms with Gasteiger partial charge in [0.25, 0.3) is 0 Å². The Labute approximate surface area is 111 Å². The van der Waals surface area contributed by atoms with Crippen LogP contribution < -0.4 is 11.1 Å². The van der Waals surface area contributed by atoms with E-state index in [2.05, 4.69) is 5.32 Å². The van der Waals surface area contributed by atoms with Crippen molar-refractivity contribution >= 4 is 40.4 Å². The van der Waals surface area contributed by atoms with Gasteiger partial charge in [-0.15, -0.1) is 0 Å². The molecule has 0 aliphatic heterocycles. The van der Waals surface area contributed by atoms with Gasteiger partial charge in [-0.1, -0.05) is 37.2 Å². The van der Waals surface area contributed by atoms with Gasteiger partial charge >= 0.3 is 0 Å². The molecule has 0 fully saturated rings. The Morgan fingerprint density at radius 2 is 2.06 bits per heavy atom. The van der Waals surface area contributed by atoms with Crippen molar-refractivity contribution in [3.63, 3.8) is 0 Å². The van der Waals surface area contributed by atoms with Gasteiger partial charge in [-0.2, -0.15) is 0 Å². The van der Waals surface area contributed by atoms with Gasteiger partial charge < -0.3 is 11.1 Å². The molecule has 1 unspecified atom stereocenters. The van der Waals surface area contributed by atoms with E-state index in [4.69, 9.17) is 29.6 Å². The fraction of sp³-hybridized carbons (Fsp3) is 0.333. The molecule has 0 heterocycles. The van der Waals surface area contributed by atoms with E-state index in [-0.39, 0.29) is 10.9 Å². The lowest BCUT2D eigenvalue weighted by molar-refractivity contribution is -0.118. The zero-order chi connectivity index (χ0) is 12.8. The quantitative estimate of drug-likeness (QED) is 0.809. The van der Waals surface area contributed by atoms with Gasteiger partial charge in [0.15, 0.2) is 0 Å². The smallest absolute Gasteiger partial charge is 0.234 e. The maximum Gasteiger partial charge on any atom is 0.234 e. The minimum Gasteiger partial charge on any atom is -0.393 e. The molecule has 92 valence electrons. The number of benzene rings is 1. The number of carbonyl (C=O) groups is 1. The molecule has 17 heavy (non-hydrogen) atoms. The Balaban J connectivity index is 2.69. The third-order valence-corrected chi connectivity index (χ3v) is 2.89. The van der Waals surface area contributed by atoms with E-state index in [1.165, 1.54) is 0 Å². The number of nitrogens with one attached hydrogen (secondary N) is 1. The minimum absolute atomic E-state index is 0.165. The van der Waals surface area contributed by atoms with E-state index in [1.807, 2.05) is 6.92 Å². The van der Waals surface area contributed by atoms with E-state index < -0.39 is 5.92 Å². The predicted octanol–water partition coefficient (Wildman–Crippen LogP) is 2.98. The largest absolute Gasteiger partial charge is 0.393 e. The average molecular weight is 271 g/mol. The van der Waals surface area contributed by atoms with Crippen molar-refractivity contribution in [3.05, 3.63) is 29.3 Å². The van der Waals surface area contributed by atoms with Gasteiger partial charge in [0.2, 0.25) is 5.91 Å². The molecular weight excluding hydrogens is 256 g/mol. The Morgan fingerprint density at radius 3 is 2.53 bits per heavy atom. The van der Waals surface area contributed by atoms with Gasteiger partial charge in [0, 0.05) is 10.7 Å². The molecule has 3 N–H and O–H groups in total. The molecule has 0 bridgehead atoms. The third kappa shape index (κ3) is 4.32. The molecule has 1 rings (SSSR count).